The molecule has 0 bridgehead atoms. The Morgan fingerprint density at radius 3 is 2.82 bits per heavy atom. The molecule has 1 spiro atoms. The largest absolute Gasteiger partial charge is 0.396 e. The van der Waals surface area contributed by atoms with Gasteiger partial charge in [0.05, 0.1) is 5.60 Å². The van der Waals surface area contributed by atoms with Crippen molar-refractivity contribution in [2.45, 2.75) is 44.2 Å². The van der Waals surface area contributed by atoms with Crippen molar-refractivity contribution >= 4 is 0 Å². The first-order valence-electron chi connectivity index (χ1n) is 6.80. The Balaban J connectivity index is 1.79. The first kappa shape index (κ1) is 13.3. The molecule has 2 aliphatic rings. The molecule has 2 unspecified atom stereocenters. The van der Waals surface area contributed by atoms with Crippen LogP contribution in [0.15, 0.2) is 0 Å². The predicted molar refractivity (Wildman–Crippen MR) is 66.0 cm³/mol. The maximum atomic E-state index is 9.03. The molecule has 2 rings (SSSR count). The summed E-state index contributed by atoms with van der Waals surface area (Å²) >= 11 is 0. The molecule has 2 heterocycles. The smallest absolute Gasteiger partial charge is 0.0741 e. The maximum absolute atomic E-state index is 9.03. The van der Waals surface area contributed by atoms with Crippen LogP contribution in [0.25, 0.3) is 0 Å². The monoisotopic (exact) mass is 243 g/mol. The van der Waals surface area contributed by atoms with Crippen LogP contribution in [0, 0.1) is 5.92 Å². The minimum atomic E-state index is 0.0661. The lowest BCUT2D eigenvalue weighted by Crippen LogP contribution is -2.50. The summed E-state index contributed by atoms with van der Waals surface area (Å²) in [7, 11) is 0. The molecular weight excluding hydrogens is 218 g/mol. The Morgan fingerprint density at radius 2 is 2.12 bits per heavy atom. The second-order valence-electron chi connectivity index (χ2n) is 5.53. The van der Waals surface area contributed by atoms with Gasteiger partial charge in [-0.25, -0.2) is 0 Å². The minimum absolute atomic E-state index is 0.0661. The number of rotatable bonds is 4. The summed E-state index contributed by atoms with van der Waals surface area (Å²) < 4.78 is 11.4. The van der Waals surface area contributed by atoms with E-state index in [2.05, 4.69) is 12.2 Å². The highest BCUT2D eigenvalue weighted by molar-refractivity contribution is 4.91. The molecular formula is C13H25NO3. The Labute approximate surface area is 104 Å². The van der Waals surface area contributed by atoms with Crippen molar-refractivity contribution < 1.29 is 14.6 Å². The molecule has 2 saturated heterocycles. The topological polar surface area (TPSA) is 50.7 Å². The fourth-order valence-electron chi connectivity index (χ4n) is 2.73. The second kappa shape index (κ2) is 6.14. The molecule has 0 aromatic rings. The van der Waals surface area contributed by atoms with E-state index in [9.17, 15) is 0 Å². The average molecular weight is 243 g/mol. The summed E-state index contributed by atoms with van der Waals surface area (Å²) in [6, 6.07) is 0.538. The van der Waals surface area contributed by atoms with Crippen LogP contribution in [-0.2, 0) is 9.47 Å². The molecule has 2 N–H and O–H groups in total. The van der Waals surface area contributed by atoms with Gasteiger partial charge in [0.2, 0.25) is 0 Å². The first-order valence-corrected chi connectivity index (χ1v) is 6.80. The molecule has 100 valence electrons. The van der Waals surface area contributed by atoms with E-state index in [1.807, 2.05) is 0 Å². The van der Waals surface area contributed by atoms with Crippen LogP contribution in [-0.4, -0.2) is 49.7 Å². The summed E-state index contributed by atoms with van der Waals surface area (Å²) in [5.74, 6) is 0.337. The molecule has 2 atom stereocenters. The van der Waals surface area contributed by atoms with Gasteiger partial charge in [-0.3, -0.25) is 0 Å². The van der Waals surface area contributed by atoms with Crippen molar-refractivity contribution in [1.29, 1.82) is 0 Å². The highest BCUT2D eigenvalue weighted by Crippen LogP contribution is 2.34. The average Bonchev–Trinajstić information content (AvgIpc) is 2.37. The predicted octanol–water partition coefficient (Wildman–Crippen LogP) is 0.933. The molecule has 0 amide bonds. The lowest BCUT2D eigenvalue weighted by Gasteiger charge is -2.43. The van der Waals surface area contributed by atoms with Gasteiger partial charge in [0.25, 0.3) is 0 Å². The molecule has 0 saturated carbocycles. The molecule has 0 radical (unpaired) electrons. The van der Waals surface area contributed by atoms with E-state index in [-0.39, 0.29) is 12.2 Å². The summed E-state index contributed by atoms with van der Waals surface area (Å²) in [4.78, 5) is 0. The SMILES string of the molecule is CC(CO)CNC1CCOC2(CCOCC2)C1. The number of hydrogen-bond donors (Lipinski definition) is 2. The third-order valence-electron chi connectivity index (χ3n) is 3.96. The van der Waals surface area contributed by atoms with Gasteiger partial charge in [-0.1, -0.05) is 6.92 Å². The Kier molecular flexibility index (Phi) is 4.79. The van der Waals surface area contributed by atoms with Gasteiger partial charge < -0.3 is 19.9 Å². The fraction of sp³-hybridized carbons (Fsp3) is 1.00. The van der Waals surface area contributed by atoms with Crippen molar-refractivity contribution in [3.63, 3.8) is 0 Å². The number of aliphatic hydroxyl groups excluding tert-OH is 1. The van der Waals surface area contributed by atoms with Crippen LogP contribution in [0.2, 0.25) is 0 Å². The van der Waals surface area contributed by atoms with Crippen molar-refractivity contribution in [1.82, 2.24) is 5.32 Å². The van der Waals surface area contributed by atoms with Crippen molar-refractivity contribution in [2.24, 2.45) is 5.92 Å². The summed E-state index contributed by atoms with van der Waals surface area (Å²) in [5.41, 5.74) is 0.0661. The van der Waals surface area contributed by atoms with E-state index in [1.165, 1.54) is 0 Å². The molecule has 0 aliphatic carbocycles. The van der Waals surface area contributed by atoms with Gasteiger partial charge in [0.15, 0.2) is 0 Å². The standard InChI is InChI=1S/C13H25NO3/c1-11(10-15)9-14-12-2-5-17-13(8-12)3-6-16-7-4-13/h11-12,14-15H,2-10H2,1H3. The van der Waals surface area contributed by atoms with Crippen LogP contribution in [0.4, 0.5) is 0 Å². The van der Waals surface area contributed by atoms with Crippen molar-refractivity contribution in [3.05, 3.63) is 0 Å². The van der Waals surface area contributed by atoms with Gasteiger partial charge in [-0.05, 0) is 31.6 Å². The second-order valence-corrected chi connectivity index (χ2v) is 5.53. The van der Waals surface area contributed by atoms with Crippen molar-refractivity contribution in [3.8, 4) is 0 Å². The highest BCUT2D eigenvalue weighted by atomic mass is 16.5. The lowest BCUT2D eigenvalue weighted by atomic mass is 9.84. The van der Waals surface area contributed by atoms with Gasteiger partial charge >= 0.3 is 0 Å². The molecule has 0 aromatic carbocycles. The Morgan fingerprint density at radius 1 is 1.35 bits per heavy atom. The van der Waals surface area contributed by atoms with Crippen LogP contribution in [0.5, 0.6) is 0 Å². The van der Waals surface area contributed by atoms with Crippen LogP contribution in [0.1, 0.15) is 32.6 Å². The van der Waals surface area contributed by atoms with E-state index >= 15 is 0 Å². The van der Waals surface area contributed by atoms with Gasteiger partial charge in [0, 0.05) is 39.0 Å². The number of nitrogens with one attached hydrogen (secondary N) is 1. The minimum Gasteiger partial charge on any atom is -0.396 e. The molecule has 4 heteroatoms. The number of hydrogen-bond acceptors (Lipinski definition) is 4. The van der Waals surface area contributed by atoms with E-state index in [1.54, 1.807) is 0 Å². The zero-order chi connectivity index (χ0) is 12.1. The molecule has 2 fully saturated rings. The number of aliphatic hydroxyl groups is 1. The normalized spacial score (nSPS) is 30.4. The third kappa shape index (κ3) is 3.65. The van der Waals surface area contributed by atoms with Crippen LogP contribution < -0.4 is 5.32 Å². The summed E-state index contributed by atoms with van der Waals surface area (Å²) in [5, 5.41) is 12.6. The van der Waals surface area contributed by atoms with Gasteiger partial charge in [-0.2, -0.15) is 0 Å². The van der Waals surface area contributed by atoms with Gasteiger partial charge in [0.1, 0.15) is 0 Å². The van der Waals surface area contributed by atoms with E-state index in [0.29, 0.717) is 12.0 Å². The van der Waals surface area contributed by atoms with Crippen LogP contribution in [0.3, 0.4) is 0 Å². The Bertz CT molecular complexity index is 223. The molecule has 4 nitrogen and oxygen atoms in total. The number of ether oxygens (including phenoxy) is 2. The highest BCUT2D eigenvalue weighted by Gasteiger charge is 2.38. The summed E-state index contributed by atoms with van der Waals surface area (Å²) in [6.45, 7) is 5.74. The van der Waals surface area contributed by atoms with Gasteiger partial charge in [-0.15, -0.1) is 0 Å². The maximum Gasteiger partial charge on any atom is 0.0741 e. The molecule has 17 heavy (non-hydrogen) atoms. The van der Waals surface area contributed by atoms with Crippen LogP contribution >= 0.6 is 0 Å². The van der Waals surface area contributed by atoms with E-state index in [0.717, 1.165) is 52.0 Å². The Hall–Kier alpha value is -0.160. The first-order chi connectivity index (χ1) is 8.24. The molecule has 2 aliphatic heterocycles. The zero-order valence-electron chi connectivity index (χ0n) is 10.8. The fourth-order valence-corrected chi connectivity index (χ4v) is 2.73. The molecule has 0 aromatic heterocycles. The zero-order valence-corrected chi connectivity index (χ0v) is 10.8. The van der Waals surface area contributed by atoms with E-state index < -0.39 is 0 Å². The third-order valence-corrected chi connectivity index (χ3v) is 3.96. The lowest BCUT2D eigenvalue weighted by molar-refractivity contribution is -0.140. The summed E-state index contributed by atoms with van der Waals surface area (Å²) in [6.07, 6.45) is 4.23. The van der Waals surface area contributed by atoms with E-state index in [4.69, 9.17) is 14.6 Å². The quantitative estimate of drug-likeness (QED) is 0.771. The van der Waals surface area contributed by atoms with Crippen molar-refractivity contribution in [2.75, 3.05) is 33.0 Å².